The van der Waals surface area contributed by atoms with Gasteiger partial charge in [-0.1, -0.05) is 243 Å². The van der Waals surface area contributed by atoms with Gasteiger partial charge in [0.05, 0.1) is 0 Å². The maximum atomic E-state index is 4.19. The molecular weight excluding hydrogens is 797 g/mol. The van der Waals surface area contributed by atoms with Gasteiger partial charge in [-0.2, -0.15) is 0 Å². The molecule has 4 fully saturated rings. The van der Waals surface area contributed by atoms with Crippen LogP contribution in [-0.2, 0) is 0 Å². The van der Waals surface area contributed by atoms with Crippen LogP contribution >= 0.6 is 0 Å². The normalized spacial score (nSPS) is 28.8. The topological polar surface area (TPSA) is 24.1 Å². The molecule has 0 aromatic heterocycles. The molecule has 8 aromatic rings. The highest BCUT2D eigenvalue weighted by atomic mass is 15.0. The van der Waals surface area contributed by atoms with Crippen molar-refractivity contribution < 1.29 is 0 Å². The van der Waals surface area contributed by atoms with E-state index < -0.39 is 0 Å². The lowest BCUT2D eigenvalue weighted by molar-refractivity contribution is 0.0682. The molecule has 2 nitrogen and oxygen atoms in total. The van der Waals surface area contributed by atoms with Gasteiger partial charge in [0.1, 0.15) is 0 Å². The van der Waals surface area contributed by atoms with E-state index in [0.29, 0.717) is 71.5 Å². The number of nitrogens with one attached hydrogen (secondary N) is 2. The van der Waals surface area contributed by atoms with E-state index in [1.165, 1.54) is 70.2 Å². The largest absolute Gasteiger partial charge is 0.303 e. The van der Waals surface area contributed by atoms with Crippen LogP contribution in [0.3, 0.4) is 0 Å². The number of benzene rings is 8. The van der Waals surface area contributed by atoms with Crippen LogP contribution in [0.15, 0.2) is 243 Å². The Kier molecular flexibility index (Phi) is 12.6. The molecule has 0 spiro atoms. The van der Waals surface area contributed by atoms with E-state index in [2.05, 4.69) is 253 Å². The number of hydrogen-bond donors (Lipinski definition) is 2. The second kappa shape index (κ2) is 19.6. The van der Waals surface area contributed by atoms with Crippen molar-refractivity contribution in [2.45, 2.75) is 73.5 Å². The summed E-state index contributed by atoms with van der Waals surface area (Å²) in [5.74, 6) is 4.51. The molecule has 2 N–H and O–H groups in total. The predicted octanol–water partition coefficient (Wildman–Crippen LogP) is 15.3. The standard InChI is InChI=1S/2C32H31N/c2*1-5-13-23(14-6-1)27-21-28(24-15-7-2-8-16-24)30-22-29(27)31(25-17-9-3-10-18-25)33-32(30)26-19-11-4-12-20-26/h2*1-20,27-33H,21-22H2/t27-,28+,29+,30-,31-,32+;27-,28+,29-,30+,31-,32+. The second-order valence-electron chi connectivity index (χ2n) is 19.6. The summed E-state index contributed by atoms with van der Waals surface area (Å²) in [6, 6.07) is 90.9. The lowest BCUT2D eigenvalue weighted by Gasteiger charge is -2.53. The molecule has 2 saturated carbocycles. The van der Waals surface area contributed by atoms with Crippen molar-refractivity contribution in [2.24, 2.45) is 23.7 Å². The fraction of sp³-hybridized carbons (Fsp3) is 0.250. The van der Waals surface area contributed by atoms with Gasteiger partial charge in [0.15, 0.2) is 0 Å². The fourth-order valence-electron chi connectivity index (χ4n) is 13.2. The van der Waals surface area contributed by atoms with Gasteiger partial charge < -0.3 is 10.6 Å². The predicted molar refractivity (Wildman–Crippen MR) is 272 cm³/mol. The summed E-state index contributed by atoms with van der Waals surface area (Å²) < 4.78 is 0. The third kappa shape index (κ3) is 8.73. The smallest absolute Gasteiger partial charge is 0.0360 e. The first-order valence-corrected chi connectivity index (χ1v) is 24.7. The molecule has 12 atom stereocenters. The van der Waals surface area contributed by atoms with Crippen LogP contribution in [0.25, 0.3) is 0 Å². The van der Waals surface area contributed by atoms with Crippen molar-refractivity contribution >= 4 is 0 Å². The highest BCUT2D eigenvalue weighted by Gasteiger charge is 2.51. The van der Waals surface area contributed by atoms with Crippen LogP contribution in [0.1, 0.15) is 118 Å². The Morgan fingerprint density at radius 2 is 0.364 bits per heavy atom. The van der Waals surface area contributed by atoms with Gasteiger partial charge in [-0.3, -0.25) is 0 Å². The van der Waals surface area contributed by atoms with Crippen LogP contribution in [0.5, 0.6) is 0 Å². The molecule has 328 valence electrons. The molecule has 2 heteroatoms. The molecular formula is C64H62N2. The average Bonchev–Trinajstić information content (AvgIpc) is 3.41. The number of piperidine rings is 2. The lowest BCUT2D eigenvalue weighted by atomic mass is 9.57. The van der Waals surface area contributed by atoms with Crippen molar-refractivity contribution in [2.75, 3.05) is 0 Å². The molecule has 2 aliphatic carbocycles. The molecule has 0 radical (unpaired) electrons. The summed E-state index contributed by atoms with van der Waals surface area (Å²) in [4.78, 5) is 0. The van der Waals surface area contributed by atoms with Gasteiger partial charge in [-0.15, -0.1) is 0 Å². The Morgan fingerprint density at radius 3 is 0.545 bits per heavy atom. The van der Waals surface area contributed by atoms with Gasteiger partial charge in [0, 0.05) is 24.2 Å². The molecule has 12 rings (SSSR count). The van der Waals surface area contributed by atoms with Crippen LogP contribution in [0, 0.1) is 23.7 Å². The monoisotopic (exact) mass is 858 g/mol. The van der Waals surface area contributed by atoms with E-state index in [1.807, 2.05) is 0 Å². The van der Waals surface area contributed by atoms with Gasteiger partial charge in [-0.05, 0) is 118 Å². The SMILES string of the molecule is c1ccc([C@H]2C[C@@H](c3ccccc3)[C@@H]3C[C@H]2[C@@H](c2ccccc2)N[C@H]3c2ccccc2)cc1.c1ccc([C@H]2C[C@@H](c3ccccc3)[C@H]3C[C@@H]2[C@@H](c2ccccc2)N[C@H]3c2ccccc2)cc1. The first kappa shape index (κ1) is 42.3. The van der Waals surface area contributed by atoms with Crippen LogP contribution in [0.4, 0.5) is 0 Å². The molecule has 66 heavy (non-hydrogen) atoms. The second-order valence-corrected chi connectivity index (χ2v) is 19.6. The van der Waals surface area contributed by atoms with Gasteiger partial charge >= 0.3 is 0 Å². The van der Waals surface area contributed by atoms with E-state index in [4.69, 9.17) is 0 Å². The number of hydrogen-bond acceptors (Lipinski definition) is 2. The van der Waals surface area contributed by atoms with Crippen LogP contribution in [-0.4, -0.2) is 0 Å². The average molecular weight is 859 g/mol. The minimum absolute atomic E-state index is 0.356. The lowest BCUT2D eigenvalue weighted by Crippen LogP contribution is -2.49. The van der Waals surface area contributed by atoms with Gasteiger partial charge in [-0.25, -0.2) is 0 Å². The Hall–Kier alpha value is -6.32. The number of rotatable bonds is 8. The summed E-state index contributed by atoms with van der Waals surface area (Å²) in [6.45, 7) is 0. The third-order valence-electron chi connectivity index (χ3n) is 16.1. The van der Waals surface area contributed by atoms with E-state index in [-0.39, 0.29) is 0 Å². The van der Waals surface area contributed by atoms with Crippen molar-refractivity contribution in [3.05, 3.63) is 287 Å². The summed E-state index contributed by atoms with van der Waals surface area (Å²) in [6.07, 6.45) is 4.89. The molecule has 2 heterocycles. The summed E-state index contributed by atoms with van der Waals surface area (Å²) in [7, 11) is 0. The van der Waals surface area contributed by atoms with Crippen molar-refractivity contribution in [1.29, 1.82) is 0 Å². The zero-order valence-corrected chi connectivity index (χ0v) is 37.9. The summed E-state index contributed by atoms with van der Waals surface area (Å²) in [5.41, 5.74) is 11.6. The van der Waals surface area contributed by atoms with Crippen molar-refractivity contribution in [1.82, 2.24) is 10.6 Å². The number of fused-ring (bicyclic) bond motifs is 4. The highest BCUT2D eigenvalue weighted by Crippen LogP contribution is 2.60. The first-order chi connectivity index (χ1) is 32.8. The Labute approximate surface area is 393 Å². The molecule has 2 aliphatic heterocycles. The summed E-state index contributed by atoms with van der Waals surface area (Å²) >= 11 is 0. The van der Waals surface area contributed by atoms with E-state index >= 15 is 0 Å². The minimum atomic E-state index is 0.356. The van der Waals surface area contributed by atoms with Crippen LogP contribution < -0.4 is 10.6 Å². The zero-order chi connectivity index (χ0) is 44.1. The quantitative estimate of drug-likeness (QED) is 0.159. The molecule has 4 aliphatic rings. The van der Waals surface area contributed by atoms with E-state index in [9.17, 15) is 0 Å². The molecule has 4 bridgehead atoms. The van der Waals surface area contributed by atoms with Crippen molar-refractivity contribution in [3.8, 4) is 0 Å². The highest BCUT2D eigenvalue weighted by molar-refractivity contribution is 5.37. The fourth-order valence-corrected chi connectivity index (χ4v) is 13.2. The minimum Gasteiger partial charge on any atom is -0.303 e. The van der Waals surface area contributed by atoms with E-state index in [1.54, 1.807) is 0 Å². The Morgan fingerprint density at radius 1 is 0.197 bits per heavy atom. The molecule has 0 amide bonds. The maximum Gasteiger partial charge on any atom is 0.0360 e. The molecule has 2 saturated heterocycles. The Balaban J connectivity index is 0.000000146. The molecule has 0 unspecified atom stereocenters. The molecule has 8 aromatic carbocycles. The zero-order valence-electron chi connectivity index (χ0n) is 37.9. The van der Waals surface area contributed by atoms with Crippen LogP contribution in [0.2, 0.25) is 0 Å². The first-order valence-electron chi connectivity index (χ1n) is 24.7. The van der Waals surface area contributed by atoms with Gasteiger partial charge in [0.2, 0.25) is 0 Å². The van der Waals surface area contributed by atoms with E-state index in [0.717, 1.165) is 0 Å². The van der Waals surface area contributed by atoms with Gasteiger partial charge in [0.25, 0.3) is 0 Å². The maximum absolute atomic E-state index is 4.19. The third-order valence-corrected chi connectivity index (χ3v) is 16.1. The Bertz CT molecular complexity index is 2130. The van der Waals surface area contributed by atoms with Crippen molar-refractivity contribution in [3.63, 3.8) is 0 Å². The summed E-state index contributed by atoms with van der Waals surface area (Å²) in [5, 5.41) is 8.38.